The molecule has 0 saturated heterocycles. The predicted octanol–water partition coefficient (Wildman–Crippen LogP) is 2.39. The molecule has 26 heavy (non-hydrogen) atoms. The highest BCUT2D eigenvalue weighted by molar-refractivity contribution is 5.85. The first kappa shape index (κ1) is 20.2. The van der Waals surface area contributed by atoms with Crippen LogP contribution in [-0.4, -0.2) is 32.4 Å². The lowest BCUT2D eigenvalue weighted by molar-refractivity contribution is 0.345. The number of rotatable bonds is 4. The van der Waals surface area contributed by atoms with E-state index in [0.29, 0.717) is 18.4 Å². The van der Waals surface area contributed by atoms with Gasteiger partial charge in [0.2, 0.25) is 5.95 Å². The van der Waals surface area contributed by atoms with Crippen LogP contribution in [0, 0.1) is 0 Å². The van der Waals surface area contributed by atoms with E-state index in [1.54, 1.807) is 0 Å². The van der Waals surface area contributed by atoms with Crippen LogP contribution in [0.5, 0.6) is 0 Å². The van der Waals surface area contributed by atoms with Gasteiger partial charge in [-0.15, -0.1) is 24.8 Å². The summed E-state index contributed by atoms with van der Waals surface area (Å²) in [4.78, 5) is 15.3. The largest absolute Gasteiger partial charge is 0.368 e. The molecule has 0 unspecified atom stereocenters. The van der Waals surface area contributed by atoms with E-state index in [0.717, 1.165) is 35.7 Å². The molecule has 3 heterocycles. The SMILES string of the molecule is CN(Cc1cnc2ccccn12)c1cc(C2CC(N)C2)nc(N)n1.Cl.Cl. The van der Waals surface area contributed by atoms with Crippen LogP contribution in [0.3, 0.4) is 0 Å². The van der Waals surface area contributed by atoms with E-state index in [9.17, 15) is 0 Å². The van der Waals surface area contributed by atoms with Gasteiger partial charge in [0.25, 0.3) is 0 Å². The number of nitrogen functional groups attached to an aromatic ring is 1. The molecule has 3 aromatic rings. The molecule has 0 spiro atoms. The molecule has 1 aliphatic carbocycles. The summed E-state index contributed by atoms with van der Waals surface area (Å²) in [6.07, 6.45) is 5.84. The van der Waals surface area contributed by atoms with Crippen LogP contribution in [0.2, 0.25) is 0 Å². The fourth-order valence-corrected chi connectivity index (χ4v) is 3.21. The maximum atomic E-state index is 5.91. The quantitative estimate of drug-likeness (QED) is 0.703. The summed E-state index contributed by atoms with van der Waals surface area (Å²) in [6.45, 7) is 0.686. The number of pyridine rings is 1. The van der Waals surface area contributed by atoms with Crippen molar-refractivity contribution in [2.45, 2.75) is 31.3 Å². The maximum Gasteiger partial charge on any atom is 0.222 e. The summed E-state index contributed by atoms with van der Waals surface area (Å²) in [5.41, 5.74) is 14.8. The van der Waals surface area contributed by atoms with Gasteiger partial charge in [0.15, 0.2) is 0 Å². The monoisotopic (exact) mass is 395 g/mol. The topological polar surface area (TPSA) is 98.4 Å². The molecule has 1 saturated carbocycles. The average molecular weight is 396 g/mol. The minimum atomic E-state index is 0. The number of anilines is 2. The Morgan fingerprint density at radius 3 is 2.73 bits per heavy atom. The van der Waals surface area contributed by atoms with Crippen molar-refractivity contribution in [3.63, 3.8) is 0 Å². The fourth-order valence-electron chi connectivity index (χ4n) is 3.21. The maximum absolute atomic E-state index is 5.91. The van der Waals surface area contributed by atoms with E-state index in [4.69, 9.17) is 11.5 Å². The van der Waals surface area contributed by atoms with Gasteiger partial charge in [-0.2, -0.15) is 4.98 Å². The van der Waals surface area contributed by atoms with E-state index in [1.807, 2.05) is 43.7 Å². The van der Waals surface area contributed by atoms with E-state index in [2.05, 4.69) is 24.3 Å². The first-order valence-corrected chi connectivity index (χ1v) is 8.12. The Kier molecular flexibility index (Phi) is 6.28. The molecule has 1 fully saturated rings. The van der Waals surface area contributed by atoms with E-state index < -0.39 is 0 Å². The van der Waals surface area contributed by atoms with Crippen molar-refractivity contribution < 1.29 is 0 Å². The molecule has 0 aromatic carbocycles. The fraction of sp³-hybridized carbons (Fsp3) is 0.353. The lowest BCUT2D eigenvalue weighted by Gasteiger charge is -2.32. The number of nitrogens with zero attached hydrogens (tertiary/aromatic N) is 5. The minimum Gasteiger partial charge on any atom is -0.368 e. The lowest BCUT2D eigenvalue weighted by Crippen LogP contribution is -2.35. The van der Waals surface area contributed by atoms with Gasteiger partial charge in [0.05, 0.1) is 24.1 Å². The zero-order valence-corrected chi connectivity index (χ0v) is 16.1. The molecule has 0 amide bonds. The molecule has 140 valence electrons. The molecule has 0 radical (unpaired) electrons. The lowest BCUT2D eigenvalue weighted by atomic mass is 9.78. The summed E-state index contributed by atoms with van der Waals surface area (Å²) in [5.74, 6) is 1.53. The zero-order valence-electron chi connectivity index (χ0n) is 14.4. The van der Waals surface area contributed by atoms with Crippen molar-refractivity contribution in [1.29, 1.82) is 0 Å². The summed E-state index contributed by atoms with van der Waals surface area (Å²) >= 11 is 0. The van der Waals surface area contributed by atoms with Gasteiger partial charge in [-0.25, -0.2) is 9.97 Å². The Labute approximate surface area is 164 Å². The Morgan fingerprint density at radius 2 is 2.00 bits per heavy atom. The molecule has 7 nitrogen and oxygen atoms in total. The van der Waals surface area contributed by atoms with Gasteiger partial charge in [-0.05, 0) is 25.0 Å². The number of hydrogen-bond acceptors (Lipinski definition) is 6. The van der Waals surface area contributed by atoms with E-state index in [1.165, 1.54) is 0 Å². The molecule has 4 rings (SSSR count). The third-order valence-electron chi connectivity index (χ3n) is 4.63. The Morgan fingerprint density at radius 1 is 1.23 bits per heavy atom. The summed E-state index contributed by atoms with van der Waals surface area (Å²) in [7, 11) is 2.00. The number of hydrogen-bond donors (Lipinski definition) is 2. The van der Waals surface area contributed by atoms with Crippen molar-refractivity contribution in [2.75, 3.05) is 17.7 Å². The zero-order chi connectivity index (χ0) is 16.7. The number of nitrogens with two attached hydrogens (primary N) is 2. The summed E-state index contributed by atoms with van der Waals surface area (Å²) in [5, 5.41) is 0. The Balaban J connectivity index is 0.00000121. The number of imidazole rings is 1. The molecule has 0 aliphatic heterocycles. The van der Waals surface area contributed by atoms with Gasteiger partial charge in [0, 0.05) is 31.3 Å². The van der Waals surface area contributed by atoms with Crippen LogP contribution in [0.4, 0.5) is 11.8 Å². The Bertz CT molecular complexity index is 876. The van der Waals surface area contributed by atoms with Crippen LogP contribution < -0.4 is 16.4 Å². The highest BCUT2D eigenvalue weighted by Crippen LogP contribution is 2.35. The molecular formula is C17H23Cl2N7. The van der Waals surface area contributed by atoms with Gasteiger partial charge in [0.1, 0.15) is 11.5 Å². The second kappa shape index (κ2) is 8.07. The molecule has 9 heteroatoms. The standard InChI is InChI=1S/C17H21N7.2ClH/c1-23(10-13-9-20-15-4-2-3-5-24(13)15)16-8-14(21-17(19)22-16)11-6-12(18)7-11;;/h2-5,8-9,11-12H,6-7,10,18H2,1H3,(H2,19,21,22);2*1H. The van der Waals surface area contributed by atoms with Crippen LogP contribution in [-0.2, 0) is 6.54 Å². The molecule has 0 bridgehead atoms. The van der Waals surface area contributed by atoms with Crippen molar-refractivity contribution >= 4 is 42.2 Å². The first-order chi connectivity index (χ1) is 11.6. The van der Waals surface area contributed by atoms with Gasteiger partial charge in [-0.1, -0.05) is 6.07 Å². The highest BCUT2D eigenvalue weighted by Gasteiger charge is 2.29. The molecule has 0 atom stereocenters. The second-order valence-corrected chi connectivity index (χ2v) is 6.47. The third-order valence-corrected chi connectivity index (χ3v) is 4.63. The van der Waals surface area contributed by atoms with Crippen LogP contribution >= 0.6 is 24.8 Å². The van der Waals surface area contributed by atoms with Crippen molar-refractivity contribution in [2.24, 2.45) is 5.73 Å². The predicted molar refractivity (Wildman–Crippen MR) is 108 cm³/mol. The summed E-state index contributed by atoms with van der Waals surface area (Å²) < 4.78 is 2.08. The average Bonchev–Trinajstić information content (AvgIpc) is 2.94. The summed E-state index contributed by atoms with van der Waals surface area (Å²) in [6, 6.07) is 8.28. The van der Waals surface area contributed by atoms with Crippen LogP contribution in [0.15, 0.2) is 36.7 Å². The molecule has 3 aromatic heterocycles. The number of halogens is 2. The Hall–Kier alpha value is -2.09. The molecule has 4 N–H and O–H groups in total. The highest BCUT2D eigenvalue weighted by atomic mass is 35.5. The van der Waals surface area contributed by atoms with Gasteiger partial charge < -0.3 is 20.8 Å². The van der Waals surface area contributed by atoms with E-state index in [-0.39, 0.29) is 30.9 Å². The normalized spacial score (nSPS) is 18.5. The van der Waals surface area contributed by atoms with Crippen molar-refractivity contribution in [3.05, 3.63) is 48.0 Å². The van der Waals surface area contributed by atoms with Gasteiger partial charge in [-0.3, -0.25) is 0 Å². The van der Waals surface area contributed by atoms with Crippen LogP contribution in [0.25, 0.3) is 5.65 Å². The van der Waals surface area contributed by atoms with Crippen molar-refractivity contribution in [1.82, 2.24) is 19.4 Å². The molecule has 1 aliphatic rings. The van der Waals surface area contributed by atoms with Crippen molar-refractivity contribution in [3.8, 4) is 0 Å². The first-order valence-electron chi connectivity index (χ1n) is 8.12. The van der Waals surface area contributed by atoms with Crippen LogP contribution in [0.1, 0.15) is 30.1 Å². The van der Waals surface area contributed by atoms with E-state index >= 15 is 0 Å². The smallest absolute Gasteiger partial charge is 0.222 e. The number of aromatic nitrogens is 4. The minimum absolute atomic E-state index is 0. The number of fused-ring (bicyclic) bond motifs is 1. The molecular weight excluding hydrogens is 373 g/mol. The third kappa shape index (κ3) is 3.85. The second-order valence-electron chi connectivity index (χ2n) is 6.47. The van der Waals surface area contributed by atoms with Gasteiger partial charge >= 0.3 is 0 Å².